The molecule has 4 atom stereocenters. The van der Waals surface area contributed by atoms with Crippen LogP contribution in [0.4, 0.5) is 0 Å². The summed E-state index contributed by atoms with van der Waals surface area (Å²) in [5, 5.41) is 32.0. The summed E-state index contributed by atoms with van der Waals surface area (Å²) in [5.74, 6) is -4.47. The Morgan fingerprint density at radius 2 is 1.83 bits per heavy atom. The number of nitrogens with zero attached hydrogens (tertiary/aromatic N) is 2. The minimum atomic E-state index is -1.14. The van der Waals surface area contributed by atoms with Gasteiger partial charge in [0, 0.05) is 18.2 Å². The molecule has 2 aliphatic carbocycles. The number of likely N-dealkylation sites (N-methyl/N-ethyl adjacent to an activating group) is 1. The predicted molar refractivity (Wildman–Crippen MR) is 131 cm³/mol. The van der Waals surface area contributed by atoms with Crippen molar-refractivity contribution in [3.63, 3.8) is 0 Å². The molecular weight excluding hydrogens is 450 g/mol. The van der Waals surface area contributed by atoms with E-state index in [1.54, 1.807) is 19.0 Å². The van der Waals surface area contributed by atoms with Crippen molar-refractivity contribution < 1.29 is 29.7 Å². The van der Waals surface area contributed by atoms with E-state index < -0.39 is 41.8 Å². The lowest BCUT2D eigenvalue weighted by Crippen LogP contribution is -2.49. The molecule has 35 heavy (non-hydrogen) atoms. The molecule has 3 rings (SSSR count). The molecule has 9 nitrogen and oxygen atoms in total. The van der Waals surface area contributed by atoms with Crippen LogP contribution in [0.1, 0.15) is 48.2 Å². The molecule has 0 bridgehead atoms. The van der Waals surface area contributed by atoms with Gasteiger partial charge in [0.05, 0.1) is 24.5 Å². The van der Waals surface area contributed by atoms with Gasteiger partial charge < -0.3 is 26.0 Å². The lowest BCUT2D eigenvalue weighted by Gasteiger charge is -2.43. The molecule has 1 aromatic carbocycles. The molecule has 0 saturated carbocycles. The van der Waals surface area contributed by atoms with Crippen molar-refractivity contribution in [1.82, 2.24) is 9.80 Å². The van der Waals surface area contributed by atoms with Gasteiger partial charge in [0.1, 0.15) is 11.5 Å². The average Bonchev–Trinajstić information content (AvgIpc) is 2.78. The third kappa shape index (κ3) is 5.12. The van der Waals surface area contributed by atoms with E-state index in [4.69, 9.17) is 5.73 Å². The third-order valence-corrected chi connectivity index (χ3v) is 7.60. The molecular formula is C26H37N3O6. The number of allylic oxidation sites excluding steroid dienone is 2. The highest BCUT2D eigenvalue weighted by molar-refractivity contribution is 6.14. The summed E-state index contributed by atoms with van der Waals surface area (Å²) in [6.45, 7) is 6.16. The topological polar surface area (TPSA) is 144 Å². The number of aliphatic hydroxyl groups excluding tert-OH is 2. The van der Waals surface area contributed by atoms with Gasteiger partial charge in [-0.3, -0.25) is 19.3 Å². The summed E-state index contributed by atoms with van der Waals surface area (Å²) in [4.78, 5) is 42.2. The van der Waals surface area contributed by atoms with Gasteiger partial charge in [0.15, 0.2) is 11.6 Å². The lowest BCUT2D eigenvalue weighted by molar-refractivity contribution is -0.131. The number of rotatable bonds is 10. The molecule has 0 aromatic heterocycles. The van der Waals surface area contributed by atoms with Gasteiger partial charge >= 0.3 is 0 Å². The first kappa shape index (κ1) is 26.8. The maximum Gasteiger partial charge on any atom is 0.224 e. The fourth-order valence-corrected chi connectivity index (χ4v) is 5.77. The highest BCUT2D eigenvalue weighted by atomic mass is 16.3. The number of hydrogen-bond donors (Lipinski definition) is 4. The molecule has 5 N–H and O–H groups in total. The Balaban J connectivity index is 2.15. The zero-order valence-electron chi connectivity index (χ0n) is 21.0. The zero-order valence-corrected chi connectivity index (χ0v) is 21.0. The molecule has 0 fully saturated rings. The zero-order chi connectivity index (χ0) is 26.0. The van der Waals surface area contributed by atoms with Gasteiger partial charge in [-0.2, -0.15) is 0 Å². The normalized spacial score (nSPS) is 22.8. The van der Waals surface area contributed by atoms with Crippen LogP contribution in [0, 0.1) is 17.8 Å². The first-order valence-corrected chi connectivity index (χ1v) is 12.2. The Morgan fingerprint density at radius 1 is 1.17 bits per heavy atom. The number of fused-ring (bicyclic) bond motifs is 2. The predicted octanol–water partition coefficient (Wildman–Crippen LogP) is 1.40. The SMILES string of the molecule is CCN(CC)Cc1ccc(O)c2c1CC1C[C@@H]([C@H](CO)N(C)C)C(C(=O)CC(N)=O)C(O)=C1C2=O. The third-order valence-electron chi connectivity index (χ3n) is 7.60. The second-order valence-corrected chi connectivity index (χ2v) is 9.79. The Hall–Kier alpha value is -2.75. The number of nitrogens with two attached hydrogens (primary N) is 1. The van der Waals surface area contributed by atoms with Gasteiger partial charge in [0.2, 0.25) is 5.91 Å². The van der Waals surface area contributed by atoms with Crippen LogP contribution in [0.3, 0.4) is 0 Å². The van der Waals surface area contributed by atoms with E-state index in [0.717, 1.165) is 24.2 Å². The van der Waals surface area contributed by atoms with Gasteiger partial charge in [-0.05, 0) is 69.1 Å². The number of primary amides is 1. The number of amides is 1. The van der Waals surface area contributed by atoms with Crippen LogP contribution in [0.15, 0.2) is 23.5 Å². The quantitative estimate of drug-likeness (QED) is 0.363. The first-order valence-electron chi connectivity index (χ1n) is 12.2. The molecule has 0 radical (unpaired) electrons. The molecule has 0 heterocycles. The molecule has 2 unspecified atom stereocenters. The molecule has 192 valence electrons. The summed E-state index contributed by atoms with van der Waals surface area (Å²) in [6, 6.07) is 2.86. The van der Waals surface area contributed by atoms with Gasteiger partial charge in [-0.25, -0.2) is 0 Å². The standard InChI is InChI=1S/C26H37N3O6/c1-5-29(6-2)12-14-7-8-19(31)23-16(14)9-15-10-17(18(13-30)28(3)4)24(20(32)11-21(27)33)26(35)22(15)25(23)34/h7-8,15,17-18,24,30-31,35H,5-6,9-13H2,1-4H3,(H2,27,33)/t15?,17-,18-,24?/m0/s1. The van der Waals surface area contributed by atoms with Crippen molar-refractivity contribution in [2.45, 2.75) is 45.7 Å². The van der Waals surface area contributed by atoms with Crippen molar-refractivity contribution >= 4 is 17.5 Å². The van der Waals surface area contributed by atoms with Crippen molar-refractivity contribution in [3.05, 3.63) is 40.2 Å². The molecule has 2 aliphatic rings. The fraction of sp³-hybridized carbons (Fsp3) is 0.577. The summed E-state index contributed by atoms with van der Waals surface area (Å²) >= 11 is 0. The van der Waals surface area contributed by atoms with Crippen LogP contribution in [0.2, 0.25) is 0 Å². The van der Waals surface area contributed by atoms with Crippen molar-refractivity contribution in [2.75, 3.05) is 33.8 Å². The largest absolute Gasteiger partial charge is 0.511 e. The number of aliphatic hydroxyl groups is 2. The number of ketones is 2. The Kier molecular flexibility index (Phi) is 8.35. The van der Waals surface area contributed by atoms with Gasteiger partial charge in [-0.15, -0.1) is 0 Å². The van der Waals surface area contributed by atoms with E-state index in [2.05, 4.69) is 18.7 Å². The van der Waals surface area contributed by atoms with E-state index in [0.29, 0.717) is 19.4 Å². The molecule has 0 aliphatic heterocycles. The number of carbonyl (C=O) groups excluding carboxylic acids is 3. The number of benzene rings is 1. The van der Waals surface area contributed by atoms with E-state index in [1.165, 1.54) is 6.07 Å². The second-order valence-electron chi connectivity index (χ2n) is 9.79. The van der Waals surface area contributed by atoms with Crippen LogP contribution in [-0.2, 0) is 22.6 Å². The first-order chi connectivity index (χ1) is 16.5. The molecule has 1 amide bonds. The van der Waals surface area contributed by atoms with Crippen LogP contribution in [0.25, 0.3) is 0 Å². The Labute approximate surface area is 206 Å². The van der Waals surface area contributed by atoms with Crippen LogP contribution < -0.4 is 5.73 Å². The number of phenolic OH excluding ortho intramolecular Hbond substituents is 1. The van der Waals surface area contributed by atoms with Gasteiger partial charge in [-0.1, -0.05) is 19.9 Å². The summed E-state index contributed by atoms with van der Waals surface area (Å²) in [7, 11) is 3.54. The molecule has 0 spiro atoms. The summed E-state index contributed by atoms with van der Waals surface area (Å²) in [5.41, 5.74) is 7.24. The van der Waals surface area contributed by atoms with E-state index in [-0.39, 0.29) is 35.2 Å². The van der Waals surface area contributed by atoms with Crippen molar-refractivity contribution in [3.8, 4) is 5.75 Å². The average molecular weight is 488 g/mol. The Morgan fingerprint density at radius 3 is 2.37 bits per heavy atom. The highest BCUT2D eigenvalue weighted by Crippen LogP contribution is 2.48. The maximum absolute atomic E-state index is 13.7. The number of hydrogen-bond acceptors (Lipinski definition) is 8. The minimum absolute atomic E-state index is 0.113. The molecule has 9 heteroatoms. The number of Topliss-reactive ketones (excluding diaryl/α,β-unsaturated/α-hetero) is 2. The fourth-order valence-electron chi connectivity index (χ4n) is 5.77. The van der Waals surface area contributed by atoms with Crippen LogP contribution >= 0.6 is 0 Å². The number of phenols is 1. The smallest absolute Gasteiger partial charge is 0.224 e. The summed E-state index contributed by atoms with van der Waals surface area (Å²) < 4.78 is 0. The highest BCUT2D eigenvalue weighted by Gasteiger charge is 2.49. The van der Waals surface area contributed by atoms with Gasteiger partial charge in [0.25, 0.3) is 0 Å². The van der Waals surface area contributed by atoms with E-state index in [9.17, 15) is 29.7 Å². The Bertz CT molecular complexity index is 1030. The van der Waals surface area contributed by atoms with E-state index in [1.807, 2.05) is 6.07 Å². The maximum atomic E-state index is 13.7. The lowest BCUT2D eigenvalue weighted by atomic mass is 9.63. The monoisotopic (exact) mass is 487 g/mol. The second kappa shape index (κ2) is 10.9. The summed E-state index contributed by atoms with van der Waals surface area (Å²) in [6.07, 6.45) is 0.215. The van der Waals surface area contributed by atoms with Crippen LogP contribution in [-0.4, -0.2) is 82.4 Å². The number of carbonyl (C=O) groups is 3. The molecule has 1 aromatic rings. The molecule has 0 saturated heterocycles. The van der Waals surface area contributed by atoms with Crippen molar-refractivity contribution in [2.24, 2.45) is 23.5 Å². The van der Waals surface area contributed by atoms with E-state index >= 15 is 0 Å². The minimum Gasteiger partial charge on any atom is -0.511 e. The number of aromatic hydroxyl groups is 1. The van der Waals surface area contributed by atoms with Crippen LogP contribution in [0.5, 0.6) is 5.75 Å². The van der Waals surface area contributed by atoms with Crippen molar-refractivity contribution in [1.29, 1.82) is 0 Å².